The van der Waals surface area contributed by atoms with E-state index in [0.29, 0.717) is 38.9 Å². The Morgan fingerprint density at radius 2 is 1.50 bits per heavy atom. The average molecular weight is 566 g/mol. The minimum Gasteiger partial charge on any atom is -0.481 e. The van der Waals surface area contributed by atoms with Crippen LogP contribution in [0.3, 0.4) is 0 Å². The number of ether oxygens (including phenoxy) is 1. The molecule has 2 aliphatic carbocycles. The lowest BCUT2D eigenvalue weighted by molar-refractivity contribution is -0.145. The quantitative estimate of drug-likeness (QED) is 0.438. The number of fused-ring (bicyclic) bond motifs is 4. The third-order valence-electron chi connectivity index (χ3n) is 9.91. The SMILES string of the molecule is O=C(NC1(C(=O)N2CC3CC3(C(=O)O)C2)CCN(Cc2ccccc2)CC1)OCC1c2ccccc2-c2ccccc21. The van der Waals surface area contributed by atoms with Crippen LogP contribution in [0.25, 0.3) is 11.1 Å². The summed E-state index contributed by atoms with van der Waals surface area (Å²) < 4.78 is 5.86. The normalized spacial score (nSPS) is 23.9. The molecule has 7 rings (SSSR count). The van der Waals surface area contributed by atoms with Crippen LogP contribution in [0.1, 0.15) is 41.9 Å². The van der Waals surface area contributed by atoms with Crippen molar-refractivity contribution in [3.8, 4) is 11.1 Å². The first-order valence-corrected chi connectivity index (χ1v) is 14.8. The van der Waals surface area contributed by atoms with Crippen molar-refractivity contribution in [1.82, 2.24) is 15.1 Å². The summed E-state index contributed by atoms with van der Waals surface area (Å²) in [5.41, 5.74) is 3.80. The largest absolute Gasteiger partial charge is 0.481 e. The van der Waals surface area contributed by atoms with E-state index in [4.69, 9.17) is 4.74 Å². The Bertz CT molecular complexity index is 1490. The van der Waals surface area contributed by atoms with Gasteiger partial charge in [-0.15, -0.1) is 0 Å². The summed E-state index contributed by atoms with van der Waals surface area (Å²) in [4.78, 5) is 43.4. The van der Waals surface area contributed by atoms with E-state index < -0.39 is 23.0 Å². The van der Waals surface area contributed by atoms with Gasteiger partial charge >= 0.3 is 12.1 Å². The monoisotopic (exact) mass is 565 g/mol. The fraction of sp³-hybridized carbons (Fsp3) is 0.382. The number of alkyl carbamates (subject to hydrolysis) is 1. The molecule has 2 amide bonds. The third kappa shape index (κ3) is 4.54. The van der Waals surface area contributed by atoms with Crippen molar-refractivity contribution in [3.63, 3.8) is 0 Å². The average Bonchev–Trinajstić information content (AvgIpc) is 3.44. The Labute approximate surface area is 245 Å². The molecule has 216 valence electrons. The molecular formula is C34H35N3O5. The molecule has 2 atom stereocenters. The second-order valence-electron chi connectivity index (χ2n) is 12.3. The molecule has 1 saturated carbocycles. The van der Waals surface area contributed by atoms with Crippen molar-refractivity contribution >= 4 is 18.0 Å². The first-order chi connectivity index (χ1) is 20.4. The number of piperidine rings is 2. The molecule has 3 aromatic carbocycles. The number of carbonyl (C=O) groups is 3. The van der Waals surface area contributed by atoms with Gasteiger partial charge in [0.05, 0.1) is 5.41 Å². The van der Waals surface area contributed by atoms with E-state index in [-0.39, 0.29) is 30.9 Å². The number of nitrogens with zero attached hydrogens (tertiary/aromatic N) is 2. The van der Waals surface area contributed by atoms with Gasteiger partial charge < -0.3 is 20.1 Å². The Balaban J connectivity index is 1.07. The van der Waals surface area contributed by atoms with E-state index in [0.717, 1.165) is 28.8 Å². The highest BCUT2D eigenvalue weighted by molar-refractivity contribution is 5.92. The summed E-state index contributed by atoms with van der Waals surface area (Å²) in [6, 6.07) is 26.6. The van der Waals surface area contributed by atoms with Gasteiger partial charge in [-0.3, -0.25) is 14.5 Å². The number of hydrogen-bond donors (Lipinski definition) is 2. The smallest absolute Gasteiger partial charge is 0.408 e. The highest BCUT2D eigenvalue weighted by Gasteiger charge is 2.67. The molecule has 2 N–H and O–H groups in total. The number of aliphatic carboxylic acids is 1. The summed E-state index contributed by atoms with van der Waals surface area (Å²) in [6.07, 6.45) is 0.872. The molecule has 8 heteroatoms. The number of nitrogens with one attached hydrogen (secondary N) is 1. The van der Waals surface area contributed by atoms with Crippen LogP contribution in [0.5, 0.6) is 0 Å². The van der Waals surface area contributed by atoms with E-state index in [1.807, 2.05) is 42.5 Å². The maximum atomic E-state index is 14.1. The summed E-state index contributed by atoms with van der Waals surface area (Å²) in [5, 5.41) is 12.8. The van der Waals surface area contributed by atoms with Crippen LogP contribution in [0.4, 0.5) is 4.79 Å². The number of amides is 2. The topological polar surface area (TPSA) is 99.2 Å². The van der Waals surface area contributed by atoms with Gasteiger partial charge in [-0.05, 0) is 53.0 Å². The summed E-state index contributed by atoms with van der Waals surface area (Å²) in [6.45, 7) is 2.82. The molecule has 8 nitrogen and oxygen atoms in total. The first-order valence-electron chi connectivity index (χ1n) is 14.8. The zero-order chi connectivity index (χ0) is 28.9. The highest BCUT2D eigenvalue weighted by Crippen LogP contribution is 2.58. The van der Waals surface area contributed by atoms with E-state index >= 15 is 0 Å². The molecular weight excluding hydrogens is 530 g/mol. The maximum absolute atomic E-state index is 14.1. The number of benzene rings is 3. The number of carbonyl (C=O) groups excluding carboxylic acids is 2. The number of likely N-dealkylation sites (tertiary alicyclic amines) is 2. The van der Waals surface area contributed by atoms with E-state index in [9.17, 15) is 19.5 Å². The van der Waals surface area contributed by atoms with Crippen LogP contribution in [-0.2, 0) is 20.9 Å². The van der Waals surface area contributed by atoms with Gasteiger partial charge in [0.2, 0.25) is 5.91 Å². The first kappa shape index (κ1) is 26.7. The minimum absolute atomic E-state index is 0.0105. The van der Waals surface area contributed by atoms with Crippen LogP contribution < -0.4 is 5.32 Å². The molecule has 2 heterocycles. The number of carboxylic acids is 1. The predicted molar refractivity (Wildman–Crippen MR) is 157 cm³/mol. The number of hydrogen-bond acceptors (Lipinski definition) is 5. The zero-order valence-electron chi connectivity index (χ0n) is 23.5. The van der Waals surface area contributed by atoms with Crippen molar-refractivity contribution in [2.45, 2.75) is 37.3 Å². The van der Waals surface area contributed by atoms with Gasteiger partial charge in [0.15, 0.2) is 0 Å². The van der Waals surface area contributed by atoms with Gasteiger partial charge in [-0.2, -0.15) is 0 Å². The van der Waals surface area contributed by atoms with Crippen molar-refractivity contribution in [1.29, 1.82) is 0 Å². The van der Waals surface area contributed by atoms with Crippen molar-refractivity contribution in [3.05, 3.63) is 95.6 Å². The van der Waals surface area contributed by atoms with Crippen LogP contribution in [0.2, 0.25) is 0 Å². The zero-order valence-corrected chi connectivity index (χ0v) is 23.5. The molecule has 0 spiro atoms. The number of rotatable bonds is 7. The van der Waals surface area contributed by atoms with Gasteiger partial charge in [0, 0.05) is 38.6 Å². The third-order valence-corrected chi connectivity index (χ3v) is 9.91. The van der Waals surface area contributed by atoms with E-state index in [2.05, 4.69) is 46.6 Å². The summed E-state index contributed by atoms with van der Waals surface area (Å²) in [7, 11) is 0. The Hall–Kier alpha value is -4.17. The summed E-state index contributed by atoms with van der Waals surface area (Å²) >= 11 is 0. The van der Waals surface area contributed by atoms with Gasteiger partial charge in [0.1, 0.15) is 12.1 Å². The molecule has 0 aromatic heterocycles. The predicted octanol–water partition coefficient (Wildman–Crippen LogP) is 4.49. The molecule has 2 saturated heterocycles. The van der Waals surface area contributed by atoms with Crippen LogP contribution in [0.15, 0.2) is 78.9 Å². The Kier molecular flexibility index (Phi) is 6.54. The van der Waals surface area contributed by atoms with E-state index in [1.54, 1.807) is 4.90 Å². The number of carboxylic acid groups (broad SMARTS) is 1. The summed E-state index contributed by atoms with van der Waals surface area (Å²) in [5.74, 6) is -1.12. The van der Waals surface area contributed by atoms with E-state index in [1.165, 1.54) is 5.56 Å². The van der Waals surface area contributed by atoms with Crippen molar-refractivity contribution < 1.29 is 24.2 Å². The Morgan fingerprint density at radius 3 is 2.12 bits per heavy atom. The van der Waals surface area contributed by atoms with Crippen molar-refractivity contribution in [2.75, 3.05) is 32.8 Å². The van der Waals surface area contributed by atoms with Crippen molar-refractivity contribution in [2.24, 2.45) is 11.3 Å². The lowest BCUT2D eigenvalue weighted by Crippen LogP contribution is -2.64. The second kappa shape index (κ2) is 10.3. The molecule has 0 bridgehead atoms. The lowest BCUT2D eigenvalue weighted by atomic mass is 9.85. The minimum atomic E-state index is -1.13. The standard InChI is InChI=1S/C34H35N3O5/c38-30(37-20-24-18-33(24,22-37)31(39)40)34(14-16-36(17-15-34)19-23-8-2-1-3-9-23)35-32(41)42-21-29-27-12-6-4-10-25(27)26-11-5-7-13-28(26)29/h1-13,24,29H,14-22H2,(H,35,41)(H,39,40). The van der Waals surface area contributed by atoms with Gasteiger partial charge in [-0.25, -0.2) is 4.79 Å². The molecule has 4 aliphatic rings. The van der Waals surface area contributed by atoms with Gasteiger partial charge in [0.25, 0.3) is 0 Å². The molecule has 3 fully saturated rings. The maximum Gasteiger partial charge on any atom is 0.408 e. The van der Waals surface area contributed by atoms with Crippen LogP contribution in [-0.4, -0.2) is 71.2 Å². The Morgan fingerprint density at radius 1 is 0.881 bits per heavy atom. The molecule has 2 aliphatic heterocycles. The van der Waals surface area contributed by atoms with Crippen LogP contribution in [0, 0.1) is 11.3 Å². The highest BCUT2D eigenvalue weighted by atomic mass is 16.5. The van der Waals surface area contributed by atoms with Gasteiger partial charge in [-0.1, -0.05) is 78.9 Å². The molecule has 0 radical (unpaired) electrons. The fourth-order valence-corrected chi connectivity index (χ4v) is 7.43. The second-order valence-corrected chi connectivity index (χ2v) is 12.3. The molecule has 3 aromatic rings. The van der Waals surface area contributed by atoms with Crippen LogP contribution >= 0.6 is 0 Å². The molecule has 42 heavy (non-hydrogen) atoms. The lowest BCUT2D eigenvalue weighted by Gasteiger charge is -2.43. The fourth-order valence-electron chi connectivity index (χ4n) is 7.43. The molecule has 2 unspecified atom stereocenters.